The molecular weight excluding hydrogens is 416 g/mol. The van der Waals surface area contributed by atoms with Crippen molar-refractivity contribution in [2.75, 3.05) is 5.75 Å². The van der Waals surface area contributed by atoms with Gasteiger partial charge in [0.1, 0.15) is 5.37 Å². The molecule has 1 heterocycles. The lowest BCUT2D eigenvalue weighted by molar-refractivity contribution is -0.128. The SMILES string of the molecule is Cc1ccc([C@H](C)NC(=O)c2ccc([C@@H]3SCC(=O)N3Cc3ccccc3)cc2)cc1C. The normalized spacial score (nSPS) is 16.8. The Bertz CT molecular complexity index is 1110. The molecule has 0 radical (unpaired) electrons. The largest absolute Gasteiger partial charge is 0.346 e. The lowest BCUT2D eigenvalue weighted by Gasteiger charge is -2.24. The predicted octanol–water partition coefficient (Wildman–Crippen LogP) is 5.57. The summed E-state index contributed by atoms with van der Waals surface area (Å²) in [5.41, 5.74) is 6.33. The molecule has 0 aromatic heterocycles. The van der Waals surface area contributed by atoms with Crippen LogP contribution in [0, 0.1) is 13.8 Å². The lowest BCUT2D eigenvalue weighted by atomic mass is 10.0. The number of aryl methyl sites for hydroxylation is 2. The van der Waals surface area contributed by atoms with E-state index in [-0.39, 0.29) is 23.2 Å². The fourth-order valence-corrected chi connectivity index (χ4v) is 5.07. The number of nitrogens with zero attached hydrogens (tertiary/aromatic N) is 1. The minimum atomic E-state index is -0.0985. The highest BCUT2D eigenvalue weighted by Crippen LogP contribution is 2.39. The van der Waals surface area contributed by atoms with Crippen LogP contribution in [0.15, 0.2) is 72.8 Å². The molecule has 3 aromatic rings. The van der Waals surface area contributed by atoms with Crippen molar-refractivity contribution in [2.45, 2.75) is 38.7 Å². The maximum Gasteiger partial charge on any atom is 0.251 e. The number of hydrogen-bond acceptors (Lipinski definition) is 3. The zero-order valence-electron chi connectivity index (χ0n) is 18.7. The van der Waals surface area contributed by atoms with Gasteiger partial charge in [-0.05, 0) is 60.7 Å². The Morgan fingerprint density at radius 3 is 2.44 bits per heavy atom. The number of amides is 2. The zero-order chi connectivity index (χ0) is 22.7. The van der Waals surface area contributed by atoms with E-state index in [9.17, 15) is 9.59 Å². The molecule has 0 bridgehead atoms. The highest BCUT2D eigenvalue weighted by atomic mass is 32.2. The fourth-order valence-electron chi connectivity index (χ4n) is 3.88. The third-order valence-electron chi connectivity index (χ3n) is 6.00. The molecule has 1 saturated heterocycles. The van der Waals surface area contributed by atoms with Crippen LogP contribution < -0.4 is 5.32 Å². The summed E-state index contributed by atoms with van der Waals surface area (Å²) >= 11 is 1.63. The van der Waals surface area contributed by atoms with E-state index in [2.05, 4.69) is 37.4 Å². The van der Waals surface area contributed by atoms with Crippen molar-refractivity contribution >= 4 is 23.6 Å². The average Bonchev–Trinajstić information content (AvgIpc) is 3.16. The van der Waals surface area contributed by atoms with Crippen molar-refractivity contribution in [3.63, 3.8) is 0 Å². The van der Waals surface area contributed by atoms with Crippen LogP contribution in [0.2, 0.25) is 0 Å². The van der Waals surface area contributed by atoms with Gasteiger partial charge >= 0.3 is 0 Å². The van der Waals surface area contributed by atoms with Gasteiger partial charge in [0.15, 0.2) is 0 Å². The monoisotopic (exact) mass is 444 g/mol. The van der Waals surface area contributed by atoms with Crippen LogP contribution in [-0.2, 0) is 11.3 Å². The Kier molecular flexibility index (Phi) is 6.66. The Hall–Kier alpha value is -3.05. The van der Waals surface area contributed by atoms with E-state index in [0.717, 1.165) is 16.7 Å². The quantitative estimate of drug-likeness (QED) is 0.541. The molecule has 4 rings (SSSR count). The Morgan fingerprint density at radius 1 is 1.03 bits per heavy atom. The average molecular weight is 445 g/mol. The molecular formula is C27H28N2O2S. The fraction of sp³-hybridized carbons (Fsp3) is 0.259. The molecule has 0 saturated carbocycles. The van der Waals surface area contributed by atoms with Gasteiger partial charge in [-0.2, -0.15) is 0 Å². The molecule has 32 heavy (non-hydrogen) atoms. The molecule has 0 spiro atoms. The van der Waals surface area contributed by atoms with Crippen molar-refractivity contribution in [1.29, 1.82) is 0 Å². The molecule has 3 aromatic carbocycles. The summed E-state index contributed by atoms with van der Waals surface area (Å²) in [7, 11) is 0. The van der Waals surface area contributed by atoms with Crippen LogP contribution in [0.3, 0.4) is 0 Å². The van der Waals surface area contributed by atoms with Gasteiger partial charge in [0.05, 0.1) is 11.8 Å². The Morgan fingerprint density at radius 2 is 1.75 bits per heavy atom. The highest BCUT2D eigenvalue weighted by Gasteiger charge is 2.32. The first kappa shape index (κ1) is 22.2. The number of carbonyl (C=O) groups is 2. The van der Waals surface area contributed by atoms with Gasteiger partial charge in [-0.1, -0.05) is 60.7 Å². The van der Waals surface area contributed by atoms with Crippen LogP contribution in [0.1, 0.15) is 56.5 Å². The van der Waals surface area contributed by atoms with Gasteiger partial charge in [0.2, 0.25) is 5.91 Å². The number of benzene rings is 3. The minimum Gasteiger partial charge on any atom is -0.346 e. The second-order valence-electron chi connectivity index (χ2n) is 8.33. The van der Waals surface area contributed by atoms with Crippen LogP contribution in [-0.4, -0.2) is 22.5 Å². The van der Waals surface area contributed by atoms with Crippen LogP contribution >= 0.6 is 11.8 Å². The van der Waals surface area contributed by atoms with Crippen molar-refractivity contribution in [3.8, 4) is 0 Å². The van der Waals surface area contributed by atoms with E-state index < -0.39 is 0 Å². The van der Waals surface area contributed by atoms with Crippen molar-refractivity contribution in [1.82, 2.24) is 10.2 Å². The van der Waals surface area contributed by atoms with E-state index in [1.165, 1.54) is 11.1 Å². The minimum absolute atomic E-state index is 0.0331. The smallest absolute Gasteiger partial charge is 0.251 e. The van der Waals surface area contributed by atoms with Gasteiger partial charge in [-0.3, -0.25) is 9.59 Å². The van der Waals surface area contributed by atoms with Gasteiger partial charge in [0.25, 0.3) is 5.91 Å². The summed E-state index contributed by atoms with van der Waals surface area (Å²) < 4.78 is 0. The van der Waals surface area contributed by atoms with Crippen molar-refractivity contribution in [2.24, 2.45) is 0 Å². The van der Waals surface area contributed by atoms with E-state index in [1.54, 1.807) is 11.8 Å². The number of thioether (sulfide) groups is 1. The maximum absolute atomic E-state index is 12.8. The Balaban J connectivity index is 1.44. The zero-order valence-corrected chi connectivity index (χ0v) is 19.5. The van der Waals surface area contributed by atoms with Crippen molar-refractivity contribution < 1.29 is 9.59 Å². The summed E-state index contributed by atoms with van der Waals surface area (Å²) in [6, 6.07) is 23.9. The number of carbonyl (C=O) groups excluding carboxylic acids is 2. The van der Waals surface area contributed by atoms with Gasteiger partial charge in [0, 0.05) is 12.1 Å². The van der Waals surface area contributed by atoms with E-state index in [4.69, 9.17) is 0 Å². The lowest BCUT2D eigenvalue weighted by Crippen LogP contribution is -2.28. The molecule has 2 atom stereocenters. The third-order valence-corrected chi connectivity index (χ3v) is 7.26. The first-order valence-electron chi connectivity index (χ1n) is 10.9. The summed E-state index contributed by atoms with van der Waals surface area (Å²) in [6.45, 7) is 6.76. The molecule has 1 aliphatic rings. The van der Waals surface area contributed by atoms with E-state index in [1.807, 2.05) is 66.4 Å². The van der Waals surface area contributed by atoms with Crippen LogP contribution in [0.4, 0.5) is 0 Å². The van der Waals surface area contributed by atoms with Gasteiger partial charge in [-0.25, -0.2) is 0 Å². The van der Waals surface area contributed by atoms with Gasteiger partial charge in [-0.15, -0.1) is 11.8 Å². The summed E-state index contributed by atoms with van der Waals surface area (Å²) in [4.78, 5) is 27.2. The van der Waals surface area contributed by atoms with Gasteiger partial charge < -0.3 is 10.2 Å². The summed E-state index contributed by atoms with van der Waals surface area (Å²) in [6.07, 6.45) is 0. The maximum atomic E-state index is 12.8. The predicted molar refractivity (Wildman–Crippen MR) is 130 cm³/mol. The second kappa shape index (κ2) is 9.61. The first-order valence-corrected chi connectivity index (χ1v) is 11.9. The highest BCUT2D eigenvalue weighted by molar-refractivity contribution is 8.00. The standard InChI is InChI=1S/C27H28N2O2S/c1-18-9-10-24(15-19(18)2)20(3)28-26(31)22-11-13-23(14-12-22)27-29(25(30)17-32-27)16-21-7-5-4-6-8-21/h4-15,20,27H,16-17H2,1-3H3,(H,28,31)/t20-,27-/m0/s1. The van der Waals surface area contributed by atoms with Crippen LogP contribution in [0.25, 0.3) is 0 Å². The summed E-state index contributed by atoms with van der Waals surface area (Å²) in [5, 5.41) is 3.05. The number of hydrogen-bond donors (Lipinski definition) is 1. The molecule has 1 N–H and O–H groups in total. The first-order chi connectivity index (χ1) is 15.4. The summed E-state index contributed by atoms with van der Waals surface area (Å²) in [5.74, 6) is 0.527. The topological polar surface area (TPSA) is 49.4 Å². The van der Waals surface area contributed by atoms with Crippen LogP contribution in [0.5, 0.6) is 0 Å². The molecule has 1 aliphatic heterocycles. The molecule has 5 heteroatoms. The van der Waals surface area contributed by atoms with Crippen molar-refractivity contribution in [3.05, 3.63) is 106 Å². The molecule has 2 amide bonds. The number of rotatable bonds is 6. The van der Waals surface area contributed by atoms with E-state index >= 15 is 0 Å². The molecule has 0 unspecified atom stereocenters. The second-order valence-corrected chi connectivity index (χ2v) is 9.40. The molecule has 164 valence electrons. The Labute approximate surface area is 194 Å². The molecule has 0 aliphatic carbocycles. The molecule has 4 nitrogen and oxygen atoms in total. The molecule has 1 fully saturated rings. The number of nitrogens with one attached hydrogen (secondary N) is 1. The third kappa shape index (κ3) is 4.89. The van der Waals surface area contributed by atoms with E-state index in [0.29, 0.717) is 17.9 Å².